The number of carbonyl (C=O) groups excluding carboxylic acids is 1. The van der Waals surface area contributed by atoms with Crippen LogP contribution in [0.1, 0.15) is 29.0 Å². The zero-order valence-electron chi connectivity index (χ0n) is 21.5. The van der Waals surface area contributed by atoms with Gasteiger partial charge < -0.3 is 19.4 Å². The van der Waals surface area contributed by atoms with Gasteiger partial charge in [-0.2, -0.15) is 0 Å². The molecule has 1 heterocycles. The lowest BCUT2D eigenvalue weighted by molar-refractivity contribution is -0.121. The van der Waals surface area contributed by atoms with Crippen molar-refractivity contribution in [3.63, 3.8) is 0 Å². The third-order valence-electron chi connectivity index (χ3n) is 6.65. The Hall–Kier alpha value is -4.35. The van der Waals surface area contributed by atoms with E-state index in [0.717, 1.165) is 40.1 Å². The van der Waals surface area contributed by atoms with E-state index >= 15 is 0 Å². The molecule has 0 radical (unpaired) electrons. The van der Waals surface area contributed by atoms with Crippen molar-refractivity contribution < 1.29 is 14.3 Å². The summed E-state index contributed by atoms with van der Waals surface area (Å²) >= 11 is 0. The van der Waals surface area contributed by atoms with Gasteiger partial charge in [-0.25, -0.2) is 0 Å². The lowest BCUT2D eigenvalue weighted by atomic mass is 9.88. The average Bonchev–Trinajstić information content (AvgIpc) is 3.31. The van der Waals surface area contributed by atoms with Crippen molar-refractivity contribution in [2.45, 2.75) is 18.9 Å². The normalized spacial score (nSPS) is 11.8. The van der Waals surface area contributed by atoms with E-state index in [-0.39, 0.29) is 11.8 Å². The van der Waals surface area contributed by atoms with E-state index < -0.39 is 0 Å². The number of nitrogens with one attached hydrogen (secondary N) is 1. The molecule has 0 aliphatic rings. The van der Waals surface area contributed by atoms with Crippen LogP contribution in [-0.4, -0.2) is 30.7 Å². The molecule has 0 unspecified atom stereocenters. The number of benzene rings is 4. The summed E-state index contributed by atoms with van der Waals surface area (Å²) in [4.78, 5) is 13.1. The summed E-state index contributed by atoms with van der Waals surface area (Å²) in [6.45, 7) is 1.72. The Morgan fingerprint density at radius 3 is 2.34 bits per heavy atom. The van der Waals surface area contributed by atoms with Gasteiger partial charge >= 0.3 is 0 Å². The molecule has 5 nitrogen and oxygen atoms in total. The van der Waals surface area contributed by atoms with Crippen molar-refractivity contribution >= 4 is 16.8 Å². The van der Waals surface area contributed by atoms with Crippen LogP contribution in [0.3, 0.4) is 0 Å². The van der Waals surface area contributed by atoms with Gasteiger partial charge in [-0.05, 0) is 47.0 Å². The lowest BCUT2D eigenvalue weighted by Crippen LogP contribution is -2.28. The fraction of sp³-hybridized carbons (Fsp3) is 0.182. The predicted octanol–water partition coefficient (Wildman–Crippen LogP) is 6.77. The van der Waals surface area contributed by atoms with E-state index in [1.807, 2.05) is 54.6 Å². The molecule has 5 heteroatoms. The number of aromatic nitrogens is 1. The van der Waals surface area contributed by atoms with E-state index in [1.165, 1.54) is 5.56 Å². The van der Waals surface area contributed by atoms with E-state index in [1.54, 1.807) is 7.11 Å². The standard InChI is InChI=1S/C33H32N2O3/c1-37-20-19-34-33(36)22-30(26-13-10-16-28(21-26)38-27-14-6-3-7-15-27)31-24-35(23-25-11-4-2-5-12-25)32-18-9-8-17-29(31)32/h2-18,21,24,30H,19-20,22-23H2,1H3,(H,34,36)/t30-/m1/s1. The van der Waals surface area contributed by atoms with E-state index in [2.05, 4.69) is 70.7 Å². The van der Waals surface area contributed by atoms with Gasteiger partial charge in [-0.15, -0.1) is 0 Å². The maximum atomic E-state index is 13.1. The molecule has 4 aromatic carbocycles. The summed E-state index contributed by atoms with van der Waals surface area (Å²) in [5.74, 6) is 1.35. The number of methoxy groups -OCH3 is 1. The molecule has 0 saturated carbocycles. The second-order valence-electron chi connectivity index (χ2n) is 9.30. The quantitative estimate of drug-likeness (QED) is 0.202. The number of para-hydroxylation sites is 2. The molecule has 0 aliphatic heterocycles. The Bertz CT molecular complexity index is 1480. The van der Waals surface area contributed by atoms with Crippen molar-refractivity contribution in [2.75, 3.05) is 20.3 Å². The minimum absolute atomic E-state index is 0.0127. The first-order chi connectivity index (χ1) is 18.7. The topological polar surface area (TPSA) is 52.5 Å². The Labute approximate surface area is 223 Å². The van der Waals surface area contributed by atoms with Crippen LogP contribution >= 0.6 is 0 Å². The SMILES string of the molecule is COCCNC(=O)C[C@H](c1cccc(Oc2ccccc2)c1)c1cn(Cc2ccccc2)c2ccccc12. The van der Waals surface area contributed by atoms with Gasteiger partial charge in [0.2, 0.25) is 5.91 Å². The van der Waals surface area contributed by atoms with Crippen LogP contribution in [0.15, 0.2) is 115 Å². The van der Waals surface area contributed by atoms with Crippen molar-refractivity contribution in [3.05, 3.63) is 132 Å². The second kappa shape index (κ2) is 12.3. The van der Waals surface area contributed by atoms with E-state index in [9.17, 15) is 4.79 Å². The third kappa shape index (κ3) is 6.13. The van der Waals surface area contributed by atoms with E-state index in [4.69, 9.17) is 9.47 Å². The highest BCUT2D eigenvalue weighted by atomic mass is 16.5. The van der Waals surface area contributed by atoms with Gasteiger partial charge in [0, 0.05) is 49.6 Å². The fourth-order valence-corrected chi connectivity index (χ4v) is 4.84. The van der Waals surface area contributed by atoms with Crippen LogP contribution < -0.4 is 10.1 Å². The molecule has 0 aliphatic carbocycles. The zero-order chi connectivity index (χ0) is 26.2. The summed E-state index contributed by atoms with van der Waals surface area (Å²) < 4.78 is 13.5. The Morgan fingerprint density at radius 2 is 1.55 bits per heavy atom. The number of ether oxygens (including phenoxy) is 2. The molecule has 1 N–H and O–H groups in total. The van der Waals surface area contributed by atoms with Crippen molar-refractivity contribution in [1.82, 2.24) is 9.88 Å². The highest BCUT2D eigenvalue weighted by Crippen LogP contribution is 2.37. The van der Waals surface area contributed by atoms with Crippen molar-refractivity contribution in [3.8, 4) is 11.5 Å². The van der Waals surface area contributed by atoms with Crippen LogP contribution in [0.2, 0.25) is 0 Å². The first-order valence-corrected chi connectivity index (χ1v) is 12.9. The second-order valence-corrected chi connectivity index (χ2v) is 9.30. The Kier molecular flexibility index (Phi) is 8.16. The number of hydrogen-bond donors (Lipinski definition) is 1. The smallest absolute Gasteiger partial charge is 0.221 e. The first kappa shape index (κ1) is 25.3. The van der Waals surface area contributed by atoms with Crippen LogP contribution in [0.25, 0.3) is 10.9 Å². The summed E-state index contributed by atoms with van der Waals surface area (Å²) in [6, 6.07) is 36.7. The van der Waals surface area contributed by atoms with Crippen molar-refractivity contribution in [2.24, 2.45) is 0 Å². The minimum atomic E-state index is -0.154. The van der Waals surface area contributed by atoms with Crippen LogP contribution in [-0.2, 0) is 16.1 Å². The fourth-order valence-electron chi connectivity index (χ4n) is 4.84. The molecule has 38 heavy (non-hydrogen) atoms. The van der Waals surface area contributed by atoms with Gasteiger partial charge in [-0.3, -0.25) is 4.79 Å². The maximum absolute atomic E-state index is 13.1. The molecule has 192 valence electrons. The predicted molar refractivity (Wildman–Crippen MR) is 152 cm³/mol. The summed E-state index contributed by atoms with van der Waals surface area (Å²) in [6.07, 6.45) is 2.52. The molecule has 5 rings (SSSR count). The lowest BCUT2D eigenvalue weighted by Gasteiger charge is -2.18. The molecule has 1 atom stereocenters. The monoisotopic (exact) mass is 504 g/mol. The van der Waals surface area contributed by atoms with E-state index in [0.29, 0.717) is 19.6 Å². The summed E-state index contributed by atoms with van der Waals surface area (Å²) in [7, 11) is 1.63. The first-order valence-electron chi connectivity index (χ1n) is 12.9. The van der Waals surface area contributed by atoms with Crippen LogP contribution in [0.5, 0.6) is 11.5 Å². The summed E-state index contributed by atoms with van der Waals surface area (Å²) in [5.41, 5.74) is 4.53. The van der Waals surface area contributed by atoms with Gasteiger partial charge in [0.05, 0.1) is 6.61 Å². The molecule has 0 fully saturated rings. The molecular formula is C33H32N2O3. The molecule has 1 aromatic heterocycles. The van der Waals surface area contributed by atoms with Gasteiger partial charge in [-0.1, -0.05) is 78.9 Å². The molecule has 1 amide bonds. The minimum Gasteiger partial charge on any atom is -0.457 e. The summed E-state index contributed by atoms with van der Waals surface area (Å²) in [5, 5.41) is 4.15. The average molecular weight is 505 g/mol. The number of amides is 1. The number of fused-ring (bicyclic) bond motifs is 1. The van der Waals surface area contributed by atoms with Crippen LogP contribution in [0.4, 0.5) is 0 Å². The Balaban J connectivity index is 1.53. The third-order valence-corrected chi connectivity index (χ3v) is 6.65. The number of rotatable bonds is 11. The molecular weight excluding hydrogens is 472 g/mol. The highest BCUT2D eigenvalue weighted by molar-refractivity contribution is 5.87. The Morgan fingerprint density at radius 1 is 0.842 bits per heavy atom. The van der Waals surface area contributed by atoms with Gasteiger partial charge in [0.15, 0.2) is 0 Å². The maximum Gasteiger partial charge on any atom is 0.221 e. The number of nitrogens with zero attached hydrogens (tertiary/aromatic N) is 1. The largest absolute Gasteiger partial charge is 0.457 e. The zero-order valence-corrected chi connectivity index (χ0v) is 21.5. The molecule has 5 aromatic rings. The highest BCUT2D eigenvalue weighted by Gasteiger charge is 2.23. The molecule has 0 saturated heterocycles. The van der Waals surface area contributed by atoms with Crippen LogP contribution in [0, 0.1) is 0 Å². The number of carbonyl (C=O) groups is 1. The molecule has 0 bridgehead atoms. The van der Waals surface area contributed by atoms with Gasteiger partial charge in [0.1, 0.15) is 11.5 Å². The van der Waals surface area contributed by atoms with Gasteiger partial charge in [0.25, 0.3) is 0 Å². The molecule has 0 spiro atoms. The van der Waals surface area contributed by atoms with Crippen molar-refractivity contribution in [1.29, 1.82) is 0 Å². The number of hydrogen-bond acceptors (Lipinski definition) is 3.